The van der Waals surface area contributed by atoms with Gasteiger partial charge in [0.05, 0.1) is 0 Å². The number of rotatable bonds is 0. The van der Waals surface area contributed by atoms with Crippen molar-refractivity contribution in [2.45, 2.75) is 0 Å². The summed E-state index contributed by atoms with van der Waals surface area (Å²) in [5, 5.41) is 0. The van der Waals surface area contributed by atoms with Crippen LogP contribution in [0.25, 0.3) is 0 Å². The molecule has 3 aromatic rings. The first-order valence-corrected chi connectivity index (χ1v) is 6.80. The minimum atomic E-state index is 0. The molecule has 0 aliphatic rings. The Morgan fingerprint density at radius 3 is 2.20 bits per heavy atom. The van der Waals surface area contributed by atoms with Crippen molar-refractivity contribution in [1.29, 1.82) is 0 Å². The molecule has 0 nitrogen and oxygen atoms in total. The molecule has 100 valence electrons. The maximum atomic E-state index is 3.41. The van der Waals surface area contributed by atoms with Crippen LogP contribution in [-0.4, -0.2) is 0 Å². The van der Waals surface area contributed by atoms with Gasteiger partial charge in [-0.3, -0.25) is 0 Å². The Labute approximate surface area is 139 Å². The van der Waals surface area contributed by atoms with E-state index >= 15 is 0 Å². The monoisotopic (exact) mass is 364 g/mol. The molecule has 3 aromatic carbocycles. The smallest absolute Gasteiger partial charge is 0.214 e. The van der Waals surface area contributed by atoms with E-state index in [4.69, 9.17) is 0 Å². The van der Waals surface area contributed by atoms with Gasteiger partial charge in [-0.25, -0.2) is 12.1 Å². The molecule has 0 radical (unpaired) electrons. The van der Waals surface area contributed by atoms with Gasteiger partial charge in [0.1, 0.15) is 0 Å². The standard InChI is InChI=1S/C13H8Br.C5H5.Fe/c14-13-7-3-6-12(10-13)9-8-11-4-1-2-5-11;1-2-4-5-3-1;/h1-7,10H;1-5H;/q2*-1;+2. The Kier molecular flexibility index (Phi) is 7.77. The molecule has 0 saturated heterocycles. The summed E-state index contributed by atoms with van der Waals surface area (Å²) in [7, 11) is 0. The predicted octanol–water partition coefficient (Wildman–Crippen LogP) is 4.97. The van der Waals surface area contributed by atoms with E-state index in [1.807, 2.05) is 78.9 Å². The van der Waals surface area contributed by atoms with Gasteiger partial charge in [0.2, 0.25) is 0 Å². The molecule has 0 amide bonds. The zero-order valence-electron chi connectivity index (χ0n) is 10.7. The van der Waals surface area contributed by atoms with Gasteiger partial charge in [-0.15, -0.1) is 17.6 Å². The van der Waals surface area contributed by atoms with Crippen LogP contribution in [0.3, 0.4) is 0 Å². The van der Waals surface area contributed by atoms with E-state index in [0.717, 1.165) is 15.6 Å². The molecule has 0 saturated carbocycles. The fourth-order valence-corrected chi connectivity index (χ4v) is 1.89. The van der Waals surface area contributed by atoms with E-state index in [1.165, 1.54) is 0 Å². The van der Waals surface area contributed by atoms with Gasteiger partial charge in [-0.05, 0) is 18.2 Å². The molecule has 0 aromatic heterocycles. The predicted molar refractivity (Wildman–Crippen MR) is 84.2 cm³/mol. The second-order valence-corrected chi connectivity index (χ2v) is 4.81. The summed E-state index contributed by atoms with van der Waals surface area (Å²) in [5.41, 5.74) is 2.09. The molecule has 2 heteroatoms. The zero-order chi connectivity index (χ0) is 13.3. The van der Waals surface area contributed by atoms with Crippen LogP contribution in [0, 0.1) is 11.8 Å². The van der Waals surface area contributed by atoms with Crippen LogP contribution in [0.4, 0.5) is 0 Å². The van der Waals surface area contributed by atoms with Crippen molar-refractivity contribution in [3.8, 4) is 11.8 Å². The molecule has 20 heavy (non-hydrogen) atoms. The minimum absolute atomic E-state index is 0. The van der Waals surface area contributed by atoms with Crippen molar-refractivity contribution < 1.29 is 17.1 Å². The summed E-state index contributed by atoms with van der Waals surface area (Å²) < 4.78 is 1.06. The molecule has 0 unspecified atom stereocenters. The van der Waals surface area contributed by atoms with E-state index < -0.39 is 0 Å². The average Bonchev–Trinajstić information content (AvgIpc) is 3.12. The molecule has 0 spiro atoms. The van der Waals surface area contributed by atoms with Crippen LogP contribution < -0.4 is 0 Å². The molecule has 0 aliphatic carbocycles. The summed E-state index contributed by atoms with van der Waals surface area (Å²) >= 11 is 3.41. The fraction of sp³-hybridized carbons (Fsp3) is 0. The van der Waals surface area contributed by atoms with Gasteiger partial charge >= 0.3 is 17.1 Å². The molecular weight excluding hydrogens is 352 g/mol. The topological polar surface area (TPSA) is 0 Å². The average molecular weight is 365 g/mol. The third-order valence-corrected chi connectivity index (χ3v) is 2.89. The van der Waals surface area contributed by atoms with Crippen molar-refractivity contribution in [3.63, 3.8) is 0 Å². The van der Waals surface area contributed by atoms with Crippen molar-refractivity contribution in [2.75, 3.05) is 0 Å². The van der Waals surface area contributed by atoms with Crippen LogP contribution in [0.5, 0.6) is 0 Å². The summed E-state index contributed by atoms with van der Waals surface area (Å²) in [4.78, 5) is 0. The SMILES string of the molecule is Brc1cccc(C#Cc2ccc[cH-]2)c1.[Fe+2].c1cc[cH-]c1. The Hall–Kier alpha value is -1.52. The van der Waals surface area contributed by atoms with Gasteiger partial charge in [-0.1, -0.05) is 22.0 Å². The number of benzene rings is 1. The minimum Gasteiger partial charge on any atom is -0.214 e. The third-order valence-electron chi connectivity index (χ3n) is 2.39. The van der Waals surface area contributed by atoms with Crippen molar-refractivity contribution in [2.24, 2.45) is 0 Å². The normalized spacial score (nSPS) is 8.45. The summed E-state index contributed by atoms with van der Waals surface area (Å²) in [6, 6.07) is 26.0. The van der Waals surface area contributed by atoms with Gasteiger partial charge in [0.25, 0.3) is 0 Å². The van der Waals surface area contributed by atoms with E-state index in [9.17, 15) is 0 Å². The van der Waals surface area contributed by atoms with Crippen LogP contribution in [0.2, 0.25) is 0 Å². The Bertz CT molecular complexity index is 623. The molecule has 0 heterocycles. The Balaban J connectivity index is 0.000000283. The number of hydrogen-bond acceptors (Lipinski definition) is 0. The van der Waals surface area contributed by atoms with E-state index in [0.29, 0.717) is 0 Å². The van der Waals surface area contributed by atoms with E-state index in [2.05, 4.69) is 27.8 Å². The Morgan fingerprint density at radius 1 is 0.850 bits per heavy atom. The maximum absolute atomic E-state index is 3.41. The second kappa shape index (κ2) is 9.39. The van der Waals surface area contributed by atoms with Crippen molar-refractivity contribution in [3.05, 3.63) is 94.5 Å². The molecule has 0 N–H and O–H groups in total. The molecular formula is C18H13BrFe. The van der Waals surface area contributed by atoms with Gasteiger partial charge in [-0.2, -0.15) is 42.3 Å². The summed E-state index contributed by atoms with van der Waals surface area (Å²) in [5.74, 6) is 6.21. The molecule has 0 bridgehead atoms. The summed E-state index contributed by atoms with van der Waals surface area (Å²) in [6.45, 7) is 0. The van der Waals surface area contributed by atoms with Crippen LogP contribution in [-0.2, 0) is 17.1 Å². The largest absolute Gasteiger partial charge is 2.00 e. The van der Waals surface area contributed by atoms with Gasteiger partial charge < -0.3 is 0 Å². The van der Waals surface area contributed by atoms with Gasteiger partial charge in [0, 0.05) is 10.0 Å². The fourth-order valence-electron chi connectivity index (χ4n) is 1.49. The first-order chi connectivity index (χ1) is 9.34. The van der Waals surface area contributed by atoms with Gasteiger partial charge in [0.15, 0.2) is 0 Å². The van der Waals surface area contributed by atoms with Crippen LogP contribution >= 0.6 is 15.9 Å². The second-order valence-electron chi connectivity index (χ2n) is 3.90. The molecule has 0 fully saturated rings. The van der Waals surface area contributed by atoms with E-state index in [1.54, 1.807) is 0 Å². The van der Waals surface area contributed by atoms with Crippen LogP contribution in [0.1, 0.15) is 11.1 Å². The number of hydrogen-bond donors (Lipinski definition) is 0. The molecule has 0 aliphatic heterocycles. The van der Waals surface area contributed by atoms with Crippen molar-refractivity contribution in [1.82, 2.24) is 0 Å². The van der Waals surface area contributed by atoms with Crippen molar-refractivity contribution >= 4 is 15.9 Å². The summed E-state index contributed by atoms with van der Waals surface area (Å²) in [6.07, 6.45) is 0. The molecule has 3 rings (SSSR count). The third kappa shape index (κ3) is 6.08. The quantitative estimate of drug-likeness (QED) is 0.300. The van der Waals surface area contributed by atoms with Crippen LogP contribution in [0.15, 0.2) is 83.3 Å². The number of halogens is 1. The van der Waals surface area contributed by atoms with E-state index in [-0.39, 0.29) is 17.1 Å². The first kappa shape index (κ1) is 16.5. The maximum Gasteiger partial charge on any atom is 2.00 e. The first-order valence-electron chi connectivity index (χ1n) is 6.00. The zero-order valence-corrected chi connectivity index (χ0v) is 13.4. The molecule has 0 atom stereocenters. The Morgan fingerprint density at radius 2 is 1.65 bits per heavy atom.